The van der Waals surface area contributed by atoms with Crippen LogP contribution in [0.2, 0.25) is 0 Å². The number of carbonyl (C=O) groups excluding carboxylic acids is 3. The summed E-state index contributed by atoms with van der Waals surface area (Å²) in [5.74, 6) is -0.808. The fraction of sp³-hybridized carbons (Fsp3) is 0.217. The molecule has 0 aliphatic carbocycles. The van der Waals surface area contributed by atoms with Crippen LogP contribution < -0.4 is 4.90 Å². The summed E-state index contributed by atoms with van der Waals surface area (Å²) in [6, 6.07) is 16.2. The second-order valence-corrected chi connectivity index (χ2v) is 7.51. The number of carbonyl (C=O) groups is 3. The molecule has 1 aromatic heterocycles. The smallest absolute Gasteiger partial charge is 0.354 e. The van der Waals surface area contributed by atoms with E-state index in [-0.39, 0.29) is 31.3 Å². The van der Waals surface area contributed by atoms with Gasteiger partial charge in [-0.2, -0.15) is 0 Å². The Labute approximate surface area is 178 Å². The summed E-state index contributed by atoms with van der Waals surface area (Å²) < 4.78 is 11.0. The fourth-order valence-electron chi connectivity index (χ4n) is 4.23. The molecule has 1 unspecified atom stereocenters. The summed E-state index contributed by atoms with van der Waals surface area (Å²) >= 11 is 0. The zero-order valence-corrected chi connectivity index (χ0v) is 16.8. The second kappa shape index (κ2) is 7.09. The summed E-state index contributed by atoms with van der Waals surface area (Å²) in [7, 11) is 1.52. The van der Waals surface area contributed by atoms with Crippen LogP contribution in [0.15, 0.2) is 65.3 Å². The van der Waals surface area contributed by atoms with Crippen molar-refractivity contribution >= 4 is 23.5 Å². The highest BCUT2D eigenvalue weighted by molar-refractivity contribution is 6.15. The van der Waals surface area contributed by atoms with Crippen LogP contribution in [0.1, 0.15) is 28.9 Å². The van der Waals surface area contributed by atoms with E-state index >= 15 is 0 Å². The van der Waals surface area contributed by atoms with Gasteiger partial charge >= 0.3 is 5.97 Å². The number of oxazole rings is 1. The number of hydrogen-bond acceptors (Lipinski definition) is 6. The molecule has 3 aromatic rings. The Balaban J connectivity index is 1.42. The van der Waals surface area contributed by atoms with Gasteiger partial charge in [-0.05, 0) is 24.3 Å². The van der Waals surface area contributed by atoms with Crippen LogP contribution in [0.3, 0.4) is 0 Å². The number of benzene rings is 2. The van der Waals surface area contributed by atoms with E-state index in [1.807, 2.05) is 30.3 Å². The fourth-order valence-corrected chi connectivity index (χ4v) is 4.23. The standard InChI is InChI=1S/C23H19N3O5/c1-25-21(28)17-9-5-6-10-18(17)26-19(27)11-12-23(25,26)22(29)31-14-16-13-30-20(24-16)15-7-3-2-4-8-15/h2-10,13H,11-12,14H2,1H3. The van der Waals surface area contributed by atoms with Crippen LogP contribution in [0.5, 0.6) is 0 Å². The van der Waals surface area contributed by atoms with Crippen molar-refractivity contribution in [3.8, 4) is 11.5 Å². The number of ether oxygens (including phenoxy) is 1. The highest BCUT2D eigenvalue weighted by Gasteiger charge is 2.60. The van der Waals surface area contributed by atoms with Crippen LogP contribution in [0.25, 0.3) is 11.5 Å². The van der Waals surface area contributed by atoms with Gasteiger partial charge in [-0.1, -0.05) is 30.3 Å². The van der Waals surface area contributed by atoms with E-state index in [1.165, 1.54) is 23.1 Å². The number of aromatic nitrogens is 1. The number of fused-ring (bicyclic) bond motifs is 3. The van der Waals surface area contributed by atoms with Gasteiger partial charge in [0.05, 0.1) is 11.3 Å². The lowest BCUT2D eigenvalue weighted by Crippen LogP contribution is -2.67. The Bertz CT molecular complexity index is 1190. The maximum atomic E-state index is 13.3. The molecule has 0 saturated carbocycles. The van der Waals surface area contributed by atoms with Crippen LogP contribution in [0.4, 0.5) is 5.69 Å². The first-order chi connectivity index (χ1) is 15.0. The number of nitrogens with zero attached hydrogens (tertiary/aromatic N) is 3. The van der Waals surface area contributed by atoms with Crippen molar-refractivity contribution in [3.05, 3.63) is 72.1 Å². The molecule has 1 saturated heterocycles. The molecular weight excluding hydrogens is 398 g/mol. The third kappa shape index (κ3) is 2.83. The lowest BCUT2D eigenvalue weighted by atomic mass is 9.97. The lowest BCUT2D eigenvalue weighted by Gasteiger charge is -2.46. The molecule has 0 bridgehead atoms. The van der Waals surface area contributed by atoms with Crippen molar-refractivity contribution in [1.29, 1.82) is 0 Å². The third-order valence-electron chi connectivity index (χ3n) is 5.79. The highest BCUT2D eigenvalue weighted by atomic mass is 16.5. The van der Waals surface area contributed by atoms with Gasteiger partial charge < -0.3 is 14.1 Å². The summed E-state index contributed by atoms with van der Waals surface area (Å²) in [6.07, 6.45) is 1.73. The van der Waals surface area contributed by atoms with E-state index in [1.54, 1.807) is 24.3 Å². The summed E-state index contributed by atoms with van der Waals surface area (Å²) in [5, 5.41) is 0. The zero-order chi connectivity index (χ0) is 21.6. The van der Waals surface area contributed by atoms with E-state index in [4.69, 9.17) is 9.15 Å². The lowest BCUT2D eigenvalue weighted by molar-refractivity contribution is -0.158. The van der Waals surface area contributed by atoms with E-state index in [9.17, 15) is 14.4 Å². The first-order valence-corrected chi connectivity index (χ1v) is 9.89. The molecule has 31 heavy (non-hydrogen) atoms. The molecule has 2 aromatic carbocycles. The molecule has 1 fully saturated rings. The molecule has 3 heterocycles. The van der Waals surface area contributed by atoms with Gasteiger partial charge in [-0.15, -0.1) is 0 Å². The zero-order valence-electron chi connectivity index (χ0n) is 16.8. The molecule has 5 rings (SSSR count). The predicted molar refractivity (Wildman–Crippen MR) is 110 cm³/mol. The molecule has 8 heteroatoms. The Morgan fingerprint density at radius 3 is 2.68 bits per heavy atom. The topological polar surface area (TPSA) is 93.0 Å². The first kappa shape index (κ1) is 19.0. The number of esters is 1. The molecule has 156 valence electrons. The van der Waals surface area contributed by atoms with Crippen molar-refractivity contribution in [2.75, 3.05) is 11.9 Å². The molecule has 8 nitrogen and oxygen atoms in total. The average molecular weight is 417 g/mol. The number of hydrogen-bond donors (Lipinski definition) is 0. The quantitative estimate of drug-likeness (QED) is 0.606. The van der Waals surface area contributed by atoms with Gasteiger partial charge in [0, 0.05) is 25.5 Å². The minimum Gasteiger partial charge on any atom is -0.456 e. The van der Waals surface area contributed by atoms with Gasteiger partial charge in [0.1, 0.15) is 18.6 Å². The molecular formula is C23H19N3O5. The van der Waals surface area contributed by atoms with Gasteiger partial charge in [0.15, 0.2) is 0 Å². The van der Waals surface area contributed by atoms with E-state index in [2.05, 4.69) is 4.98 Å². The average Bonchev–Trinajstić information content (AvgIpc) is 3.42. The van der Waals surface area contributed by atoms with Gasteiger partial charge in [0.2, 0.25) is 17.5 Å². The van der Waals surface area contributed by atoms with Crippen LogP contribution in [0, 0.1) is 0 Å². The highest BCUT2D eigenvalue weighted by Crippen LogP contribution is 2.44. The van der Waals surface area contributed by atoms with Crippen LogP contribution >= 0.6 is 0 Å². The summed E-state index contributed by atoms with van der Waals surface area (Å²) in [4.78, 5) is 46.0. The maximum Gasteiger partial charge on any atom is 0.354 e. The minimum atomic E-state index is -1.51. The van der Waals surface area contributed by atoms with E-state index < -0.39 is 11.6 Å². The molecule has 2 amide bonds. The monoisotopic (exact) mass is 417 g/mol. The molecule has 2 aliphatic rings. The predicted octanol–water partition coefficient (Wildman–Crippen LogP) is 2.99. The maximum absolute atomic E-state index is 13.3. The van der Waals surface area contributed by atoms with Gasteiger partial charge in [-0.25, -0.2) is 9.78 Å². The van der Waals surface area contributed by atoms with E-state index in [0.29, 0.717) is 22.8 Å². The Hall–Kier alpha value is -3.94. The van der Waals surface area contributed by atoms with Crippen molar-refractivity contribution in [2.45, 2.75) is 25.1 Å². The number of anilines is 1. The normalized spacial score (nSPS) is 19.9. The molecule has 0 spiro atoms. The number of likely N-dealkylation sites (N-methyl/N-ethyl adjacent to an activating group) is 1. The minimum absolute atomic E-state index is 0.136. The Morgan fingerprint density at radius 2 is 1.87 bits per heavy atom. The van der Waals surface area contributed by atoms with Crippen molar-refractivity contribution in [1.82, 2.24) is 9.88 Å². The summed E-state index contributed by atoms with van der Waals surface area (Å²) in [6.45, 7) is -0.136. The summed E-state index contributed by atoms with van der Waals surface area (Å²) in [5.41, 5.74) is 0.546. The second-order valence-electron chi connectivity index (χ2n) is 7.51. The van der Waals surface area contributed by atoms with Gasteiger partial charge in [-0.3, -0.25) is 14.5 Å². The van der Waals surface area contributed by atoms with Crippen LogP contribution in [-0.2, 0) is 20.9 Å². The number of para-hydroxylation sites is 1. The number of rotatable bonds is 4. The molecule has 1 atom stereocenters. The molecule has 2 aliphatic heterocycles. The van der Waals surface area contributed by atoms with Crippen LogP contribution in [-0.4, -0.2) is 40.4 Å². The van der Waals surface area contributed by atoms with Gasteiger partial charge in [0.25, 0.3) is 5.91 Å². The Morgan fingerprint density at radius 1 is 1.13 bits per heavy atom. The van der Waals surface area contributed by atoms with Crippen molar-refractivity contribution < 1.29 is 23.5 Å². The number of amides is 2. The molecule has 0 radical (unpaired) electrons. The van der Waals surface area contributed by atoms with Crippen molar-refractivity contribution in [3.63, 3.8) is 0 Å². The largest absolute Gasteiger partial charge is 0.456 e. The first-order valence-electron chi connectivity index (χ1n) is 9.89. The SMILES string of the molecule is CN1C(=O)c2ccccc2N2C(=O)CCC12C(=O)OCc1coc(-c2ccccc2)n1. The molecule has 0 N–H and O–H groups in total. The Kier molecular flexibility index (Phi) is 4.35. The third-order valence-corrected chi connectivity index (χ3v) is 5.79. The van der Waals surface area contributed by atoms with E-state index in [0.717, 1.165) is 5.56 Å². The van der Waals surface area contributed by atoms with Crippen molar-refractivity contribution in [2.24, 2.45) is 0 Å².